The van der Waals surface area contributed by atoms with Crippen LogP contribution in [0.15, 0.2) is 0 Å². The Morgan fingerprint density at radius 1 is 1.00 bits per heavy atom. The number of rotatable bonds is 3. The molecule has 11 heavy (non-hydrogen) atoms. The van der Waals surface area contributed by atoms with Crippen molar-refractivity contribution >= 4 is 70.0 Å². The van der Waals surface area contributed by atoms with Crippen molar-refractivity contribution < 1.29 is 0 Å². The summed E-state index contributed by atoms with van der Waals surface area (Å²) in [7, 11) is 5.00. The Bertz CT molecular complexity index is 289. The molecule has 0 saturated heterocycles. The van der Waals surface area contributed by atoms with E-state index in [4.69, 9.17) is 14.3 Å². The van der Waals surface area contributed by atoms with Crippen molar-refractivity contribution in [3.63, 3.8) is 0 Å². The Balaban J connectivity index is 3.82. The normalized spacial score (nSPS) is 9.18. The van der Waals surface area contributed by atoms with Gasteiger partial charge in [0.15, 0.2) is 0 Å². The molecule has 40 valence electrons. The molecular weight excluding hydrogens is 141 g/mol. The topological polar surface area (TPSA) is 0 Å². The molecule has 0 bridgehead atoms. The van der Waals surface area contributed by atoms with E-state index in [1.807, 2.05) is 39.1 Å². The van der Waals surface area contributed by atoms with Crippen molar-refractivity contribution in [1.82, 2.24) is 0 Å². The van der Waals surface area contributed by atoms with E-state index in [-0.39, 0.29) is 9.56 Å². The van der Waals surface area contributed by atoms with Crippen molar-refractivity contribution in [2.75, 3.05) is 6.26 Å². The molecule has 0 amide bonds. The average Bonchev–Trinajstić information content (AvgIpc) is 1.96. The Morgan fingerprint density at radius 3 is 2.09 bits per heavy atom. The zero-order chi connectivity index (χ0) is 8.53. The molecule has 0 spiro atoms. The van der Waals surface area contributed by atoms with Gasteiger partial charge in [-0.2, -0.15) is 0 Å². The van der Waals surface area contributed by atoms with Crippen LogP contribution in [0.4, 0.5) is 0 Å². The summed E-state index contributed by atoms with van der Waals surface area (Å²) in [6.07, 6.45) is 1.95. The van der Waals surface area contributed by atoms with Crippen molar-refractivity contribution in [1.29, 1.82) is 0 Å². The van der Waals surface area contributed by atoms with Crippen LogP contribution in [0, 0.1) is 0 Å². The Morgan fingerprint density at radius 2 is 1.55 bits per heavy atom. The fraction of sp³-hybridized carbons (Fsp3) is 1.00. The summed E-state index contributed by atoms with van der Waals surface area (Å²) in [6, 6.07) is 1.94. The van der Waals surface area contributed by atoms with Crippen LogP contribution in [0.25, 0.3) is 0 Å². The van der Waals surface area contributed by atoms with Gasteiger partial charge in [0.25, 0.3) is 0 Å². The molecular formula is CH3B9S. The Labute approximate surface area is 76.5 Å². The first-order chi connectivity index (χ1) is 5.27. The van der Waals surface area contributed by atoms with Gasteiger partial charge in [-0.1, -0.05) is 0 Å². The van der Waals surface area contributed by atoms with Gasteiger partial charge in [-0.3, -0.25) is 0 Å². The molecule has 10 heteroatoms. The third kappa shape index (κ3) is 10.8. The third-order valence-corrected chi connectivity index (χ3v) is 1.44. The third-order valence-electron chi connectivity index (χ3n) is 0.849. The SMILES string of the molecule is [B]B=BB=BB=BB=S(#B)C. The Hall–Kier alpha value is 0.804. The molecule has 0 aliphatic carbocycles. The van der Waals surface area contributed by atoms with Crippen LogP contribution in [-0.2, 0) is 0 Å². The summed E-state index contributed by atoms with van der Waals surface area (Å²) in [6.45, 7) is 16.3. The molecule has 0 aliphatic rings. The fourth-order valence-corrected chi connectivity index (χ4v) is 0.764. The molecule has 0 nitrogen and oxygen atoms in total. The Kier molecular flexibility index (Phi) is 9.55. The first kappa shape index (κ1) is 11.8. The average molecular weight is 144 g/mol. The van der Waals surface area contributed by atoms with E-state index in [0.29, 0.717) is 0 Å². The number of hydrogen-bond donors (Lipinski definition) is 0. The van der Waals surface area contributed by atoms with Crippen molar-refractivity contribution in [2.24, 2.45) is 0 Å². The summed E-state index contributed by atoms with van der Waals surface area (Å²) in [5.74, 6) is 0. The molecule has 0 aliphatic heterocycles. The van der Waals surface area contributed by atoms with Gasteiger partial charge < -0.3 is 0 Å². The molecule has 0 heterocycles. The molecule has 0 unspecified atom stereocenters. The van der Waals surface area contributed by atoms with Crippen molar-refractivity contribution in [3.8, 4) is 0 Å². The molecule has 2 radical (unpaired) electrons. The van der Waals surface area contributed by atoms with Crippen LogP contribution in [0.1, 0.15) is 0 Å². The van der Waals surface area contributed by atoms with Crippen molar-refractivity contribution in [3.05, 3.63) is 0 Å². The molecule has 0 atom stereocenters. The van der Waals surface area contributed by atoms with E-state index in [2.05, 4.69) is 0 Å². The van der Waals surface area contributed by atoms with E-state index in [0.717, 1.165) is 0 Å². The molecule has 0 N–H and O–H groups in total. The summed E-state index contributed by atoms with van der Waals surface area (Å²) in [4.78, 5) is 0. The van der Waals surface area contributed by atoms with E-state index in [1.165, 1.54) is 6.69 Å². The second kappa shape index (κ2) is 8.90. The molecule has 0 aromatic rings. The first-order valence-electron chi connectivity index (χ1n) is 3.21. The van der Waals surface area contributed by atoms with Gasteiger partial charge in [0, 0.05) is 0 Å². The van der Waals surface area contributed by atoms with Crippen LogP contribution >= 0.6 is 9.56 Å². The van der Waals surface area contributed by atoms with Crippen LogP contribution < -0.4 is 0 Å². The van der Waals surface area contributed by atoms with E-state index in [1.54, 1.807) is 6.69 Å². The van der Waals surface area contributed by atoms with E-state index >= 15 is 0 Å². The maximum absolute atomic E-state index is 5.50. The quantitative estimate of drug-likeness (QED) is 0.381. The summed E-state index contributed by atoms with van der Waals surface area (Å²) in [5, 5.41) is 0. The van der Waals surface area contributed by atoms with Gasteiger partial charge in [0.1, 0.15) is 0 Å². The minimum atomic E-state index is -0.111. The summed E-state index contributed by atoms with van der Waals surface area (Å²) < 4.78 is 0. The summed E-state index contributed by atoms with van der Waals surface area (Å²) in [5.41, 5.74) is 0. The predicted octanol–water partition coefficient (Wildman–Crippen LogP) is -2.61. The van der Waals surface area contributed by atoms with Gasteiger partial charge in [0.05, 0.1) is 0 Å². The second-order valence-corrected chi connectivity index (χ2v) is 3.39. The molecule has 0 aromatic carbocycles. The predicted molar refractivity (Wildman–Crippen MR) is 65.3 cm³/mol. The summed E-state index contributed by atoms with van der Waals surface area (Å²) >= 11 is 0. The second-order valence-electron chi connectivity index (χ2n) is 1.90. The zero-order valence-electron chi connectivity index (χ0n) is 6.60. The van der Waals surface area contributed by atoms with Gasteiger partial charge in [-0.15, -0.1) is 0 Å². The monoisotopic (exact) mass is 146 g/mol. The zero-order valence-corrected chi connectivity index (χ0v) is 7.42. The molecule has 0 rings (SSSR count). The maximum atomic E-state index is 5.50. The van der Waals surface area contributed by atoms with Crippen molar-refractivity contribution in [2.45, 2.75) is 0 Å². The minimum absolute atomic E-state index is 0.111. The standard InChI is InChI=1S/CH3B9S/c1-11(3)10-9-8-7-6-5-4-2/h1H3. The van der Waals surface area contributed by atoms with Crippen LogP contribution in [0.5, 0.6) is 0 Å². The molecule has 0 aromatic heterocycles. The first-order valence-corrected chi connectivity index (χ1v) is 4.97. The number of hydrogen-bond acceptors (Lipinski definition) is 0. The molecule has 0 saturated carbocycles. The van der Waals surface area contributed by atoms with Gasteiger partial charge in [-0.05, 0) is 0 Å². The van der Waals surface area contributed by atoms with E-state index in [9.17, 15) is 0 Å². The van der Waals surface area contributed by atoms with Crippen LogP contribution in [0.2, 0.25) is 0 Å². The fourth-order valence-electron chi connectivity index (χ4n) is 0.426. The van der Waals surface area contributed by atoms with Gasteiger partial charge in [0.2, 0.25) is 0 Å². The van der Waals surface area contributed by atoms with Gasteiger partial charge >= 0.3 is 76.3 Å². The van der Waals surface area contributed by atoms with Crippen LogP contribution in [-0.4, -0.2) is 66.7 Å². The molecule has 0 fully saturated rings. The van der Waals surface area contributed by atoms with Gasteiger partial charge in [-0.25, -0.2) is 0 Å². The van der Waals surface area contributed by atoms with Crippen LogP contribution in [0.3, 0.4) is 0 Å². The van der Waals surface area contributed by atoms with E-state index < -0.39 is 0 Å².